The van der Waals surface area contributed by atoms with Crippen LogP contribution in [0.2, 0.25) is 0 Å². The van der Waals surface area contributed by atoms with E-state index in [1.165, 1.54) is 0 Å². The van der Waals surface area contributed by atoms with Crippen LogP contribution >= 0.6 is 0 Å². The molecule has 0 aromatic carbocycles. The Balaban J connectivity index is 2.38. The highest BCUT2D eigenvalue weighted by molar-refractivity contribution is 5.83. The van der Waals surface area contributed by atoms with Crippen LogP contribution in [0, 0.1) is 0 Å². The van der Waals surface area contributed by atoms with E-state index in [0.717, 1.165) is 64.2 Å². The average Bonchev–Trinajstić information content (AvgIpc) is 2.89. The van der Waals surface area contributed by atoms with Crippen LogP contribution in [-0.2, 0) is 38.1 Å². The Hall–Kier alpha value is -2.20. The topological polar surface area (TPSA) is 129 Å². The Bertz CT molecular complexity index is 726. The number of hydrogen-bond acceptors (Lipinski definition) is 10. The second-order valence-electron chi connectivity index (χ2n) is 10.8. The molecular formula is C29H50N2O8. The van der Waals surface area contributed by atoms with E-state index in [1.54, 1.807) is 27.7 Å². The number of ether oxygens (including phenoxy) is 4. The summed E-state index contributed by atoms with van der Waals surface area (Å²) in [6.45, 7) is 7.88. The van der Waals surface area contributed by atoms with Crippen molar-refractivity contribution in [3.63, 3.8) is 0 Å². The van der Waals surface area contributed by atoms with Gasteiger partial charge >= 0.3 is 23.9 Å². The van der Waals surface area contributed by atoms with E-state index in [1.807, 2.05) is 0 Å². The largest absolute Gasteiger partial charge is 0.466 e. The molecule has 0 aromatic rings. The fourth-order valence-corrected chi connectivity index (χ4v) is 6.23. The van der Waals surface area contributed by atoms with Crippen molar-refractivity contribution in [2.45, 2.75) is 134 Å². The second-order valence-corrected chi connectivity index (χ2v) is 10.8. The molecule has 2 aliphatic rings. The number of carbonyl (C=O) groups is 4. The Morgan fingerprint density at radius 1 is 0.564 bits per heavy atom. The third-order valence-corrected chi connectivity index (χ3v) is 7.75. The van der Waals surface area contributed by atoms with Gasteiger partial charge in [0.15, 0.2) is 0 Å². The smallest absolute Gasteiger partial charge is 0.323 e. The minimum atomic E-state index is -0.830. The Morgan fingerprint density at radius 2 is 0.897 bits per heavy atom. The molecule has 0 radical (unpaired) electrons. The zero-order valence-electron chi connectivity index (χ0n) is 24.4. The van der Waals surface area contributed by atoms with Crippen molar-refractivity contribution in [2.75, 3.05) is 26.4 Å². The van der Waals surface area contributed by atoms with E-state index >= 15 is 0 Å². The Morgan fingerprint density at radius 3 is 1.21 bits per heavy atom. The molecule has 39 heavy (non-hydrogen) atoms. The molecule has 10 heteroatoms. The van der Waals surface area contributed by atoms with E-state index in [-0.39, 0.29) is 39.3 Å². The first kappa shape index (κ1) is 33.0. The summed E-state index contributed by atoms with van der Waals surface area (Å²) in [5, 5.41) is 7.16. The van der Waals surface area contributed by atoms with Gasteiger partial charge in [-0.05, 0) is 59.8 Å². The van der Waals surface area contributed by atoms with E-state index in [4.69, 9.17) is 18.9 Å². The molecule has 2 fully saturated rings. The number of hydrogen-bond donors (Lipinski definition) is 2. The fourth-order valence-electron chi connectivity index (χ4n) is 6.23. The van der Waals surface area contributed by atoms with E-state index in [0.29, 0.717) is 6.42 Å². The van der Waals surface area contributed by atoms with Gasteiger partial charge in [0.05, 0.1) is 39.3 Å². The van der Waals surface area contributed by atoms with Crippen LogP contribution in [0.3, 0.4) is 0 Å². The lowest BCUT2D eigenvalue weighted by molar-refractivity contribution is -0.154. The lowest BCUT2D eigenvalue weighted by atomic mass is 9.67. The van der Waals surface area contributed by atoms with Crippen LogP contribution in [0.1, 0.15) is 111 Å². The SMILES string of the molecule is CCOC(=O)C[C@H](NC1(CC2(N[C@@H](CC(=O)OCC)C(=O)OCC)CCCCC2)CCCCC1)C(=O)OCC. The van der Waals surface area contributed by atoms with Gasteiger partial charge in [-0.3, -0.25) is 29.8 Å². The number of rotatable bonds is 16. The molecule has 0 heterocycles. The molecule has 2 rings (SSSR count). The maximum absolute atomic E-state index is 13.0. The first-order valence-corrected chi connectivity index (χ1v) is 14.9. The van der Waals surface area contributed by atoms with Crippen LogP contribution in [0.4, 0.5) is 0 Å². The summed E-state index contributed by atoms with van der Waals surface area (Å²) in [4.78, 5) is 50.8. The van der Waals surface area contributed by atoms with Gasteiger partial charge in [0, 0.05) is 11.1 Å². The van der Waals surface area contributed by atoms with Crippen LogP contribution in [0.25, 0.3) is 0 Å². The third-order valence-electron chi connectivity index (χ3n) is 7.75. The van der Waals surface area contributed by atoms with E-state index in [2.05, 4.69) is 10.6 Å². The highest BCUT2D eigenvalue weighted by Gasteiger charge is 2.46. The van der Waals surface area contributed by atoms with Crippen molar-refractivity contribution < 1.29 is 38.1 Å². The van der Waals surface area contributed by atoms with Crippen molar-refractivity contribution >= 4 is 23.9 Å². The summed E-state index contributed by atoms with van der Waals surface area (Å²) in [6, 6.07) is -1.66. The molecule has 0 spiro atoms. The number of carbonyl (C=O) groups excluding carboxylic acids is 4. The Kier molecular flexibility index (Phi) is 14.2. The molecule has 10 nitrogen and oxygen atoms in total. The molecule has 224 valence electrons. The standard InChI is InChI=1S/C29H50N2O8/c1-5-36-24(32)19-22(26(34)38-7-3)30-28(15-11-9-12-16-28)21-29(17-13-10-14-18-29)31-23(27(35)39-8-4)20-25(33)37-6-2/h22-23,30-31H,5-21H2,1-4H3/t22-,23-/m0/s1. The fraction of sp³-hybridized carbons (Fsp3) is 0.862. The van der Waals surface area contributed by atoms with Gasteiger partial charge in [-0.15, -0.1) is 0 Å². The highest BCUT2D eigenvalue weighted by atomic mass is 16.5. The van der Waals surface area contributed by atoms with Crippen molar-refractivity contribution in [3.05, 3.63) is 0 Å². The first-order chi connectivity index (χ1) is 18.7. The molecular weight excluding hydrogens is 504 g/mol. The van der Waals surface area contributed by atoms with Gasteiger partial charge in [-0.1, -0.05) is 38.5 Å². The zero-order valence-corrected chi connectivity index (χ0v) is 24.4. The monoisotopic (exact) mass is 554 g/mol. The predicted octanol–water partition coefficient (Wildman–Crippen LogP) is 3.73. The second kappa shape index (κ2) is 16.8. The summed E-state index contributed by atoms with van der Waals surface area (Å²) < 4.78 is 21.0. The summed E-state index contributed by atoms with van der Waals surface area (Å²) in [7, 11) is 0. The first-order valence-electron chi connectivity index (χ1n) is 14.9. The van der Waals surface area contributed by atoms with Crippen LogP contribution in [-0.4, -0.2) is 73.5 Å². The maximum atomic E-state index is 13.0. The van der Waals surface area contributed by atoms with Gasteiger partial charge in [-0.25, -0.2) is 0 Å². The van der Waals surface area contributed by atoms with Gasteiger partial charge in [-0.2, -0.15) is 0 Å². The van der Waals surface area contributed by atoms with Gasteiger partial charge in [0.1, 0.15) is 12.1 Å². The lowest BCUT2D eigenvalue weighted by Gasteiger charge is -2.50. The summed E-state index contributed by atoms with van der Waals surface area (Å²) in [5.41, 5.74) is -0.898. The molecule has 0 aromatic heterocycles. The van der Waals surface area contributed by atoms with Crippen molar-refractivity contribution in [2.24, 2.45) is 0 Å². The van der Waals surface area contributed by atoms with Crippen LogP contribution < -0.4 is 10.6 Å². The molecule has 0 saturated heterocycles. The molecule has 2 atom stereocenters. The molecule has 2 saturated carbocycles. The quantitative estimate of drug-likeness (QED) is 0.215. The summed E-state index contributed by atoms with van der Waals surface area (Å²) >= 11 is 0. The van der Waals surface area contributed by atoms with Crippen molar-refractivity contribution in [1.29, 1.82) is 0 Å². The minimum absolute atomic E-state index is 0.108. The van der Waals surface area contributed by atoms with Crippen molar-refractivity contribution in [1.82, 2.24) is 10.6 Å². The molecule has 2 N–H and O–H groups in total. The number of nitrogens with one attached hydrogen (secondary N) is 2. The van der Waals surface area contributed by atoms with Crippen molar-refractivity contribution in [3.8, 4) is 0 Å². The molecule has 2 aliphatic carbocycles. The number of esters is 4. The van der Waals surface area contributed by atoms with Crippen LogP contribution in [0.15, 0.2) is 0 Å². The van der Waals surface area contributed by atoms with E-state index < -0.39 is 47.0 Å². The van der Waals surface area contributed by atoms with E-state index in [9.17, 15) is 19.2 Å². The lowest BCUT2D eigenvalue weighted by Crippen LogP contribution is -2.63. The minimum Gasteiger partial charge on any atom is -0.466 e. The average molecular weight is 555 g/mol. The molecule has 0 amide bonds. The van der Waals surface area contributed by atoms with Gasteiger partial charge in [0.25, 0.3) is 0 Å². The maximum Gasteiger partial charge on any atom is 0.323 e. The summed E-state index contributed by atoms with van der Waals surface area (Å²) in [6.07, 6.45) is 9.90. The Labute approximate surface area is 233 Å². The normalized spacial score (nSPS) is 19.8. The van der Waals surface area contributed by atoms with Crippen LogP contribution in [0.5, 0.6) is 0 Å². The zero-order chi connectivity index (χ0) is 28.7. The van der Waals surface area contributed by atoms with Gasteiger partial charge < -0.3 is 18.9 Å². The highest BCUT2D eigenvalue weighted by Crippen LogP contribution is 2.42. The predicted molar refractivity (Wildman–Crippen MR) is 146 cm³/mol. The third kappa shape index (κ3) is 10.7. The molecule has 0 unspecified atom stereocenters. The summed E-state index contributed by atoms with van der Waals surface area (Å²) in [5.74, 6) is -1.83. The molecule has 0 aliphatic heterocycles. The van der Waals surface area contributed by atoms with Gasteiger partial charge in [0.2, 0.25) is 0 Å². The molecule has 0 bridgehead atoms.